The van der Waals surface area contributed by atoms with Crippen LogP contribution < -0.4 is 10.2 Å². The number of carbonyl (C=O) groups is 1. The normalized spacial score (nSPS) is 23.8. The van der Waals surface area contributed by atoms with Gasteiger partial charge < -0.3 is 19.7 Å². The first-order valence-corrected chi connectivity index (χ1v) is 9.79. The molecule has 5 nitrogen and oxygen atoms in total. The van der Waals surface area contributed by atoms with Crippen molar-refractivity contribution < 1.29 is 14.3 Å². The smallest absolute Gasteiger partial charge is 0.407 e. The lowest BCUT2D eigenvalue weighted by Gasteiger charge is -2.42. The molecule has 0 bridgehead atoms. The summed E-state index contributed by atoms with van der Waals surface area (Å²) < 4.78 is 10.8. The van der Waals surface area contributed by atoms with Crippen LogP contribution in [0.2, 0.25) is 0 Å². The molecule has 0 radical (unpaired) electrons. The van der Waals surface area contributed by atoms with Crippen LogP contribution in [0.3, 0.4) is 0 Å². The van der Waals surface area contributed by atoms with Crippen LogP contribution in [0.1, 0.15) is 46.5 Å². The molecule has 144 valence electrons. The van der Waals surface area contributed by atoms with Gasteiger partial charge >= 0.3 is 6.09 Å². The van der Waals surface area contributed by atoms with Crippen molar-refractivity contribution in [3.05, 3.63) is 30.3 Å². The molecular formula is C21H32N2O3. The number of benzene rings is 1. The summed E-state index contributed by atoms with van der Waals surface area (Å²) in [6, 6.07) is 11.4. The van der Waals surface area contributed by atoms with Crippen molar-refractivity contribution >= 4 is 11.8 Å². The van der Waals surface area contributed by atoms with Crippen molar-refractivity contribution in [3.63, 3.8) is 0 Å². The van der Waals surface area contributed by atoms with E-state index < -0.39 is 5.60 Å². The van der Waals surface area contributed by atoms with E-state index >= 15 is 0 Å². The Labute approximate surface area is 157 Å². The van der Waals surface area contributed by atoms with Crippen molar-refractivity contribution in [3.8, 4) is 0 Å². The number of hydrogen-bond acceptors (Lipinski definition) is 4. The molecule has 1 aromatic rings. The number of para-hydroxylation sites is 1. The summed E-state index contributed by atoms with van der Waals surface area (Å²) >= 11 is 0. The maximum absolute atomic E-state index is 12.0. The molecule has 2 fully saturated rings. The number of alkyl carbamates (subject to hydrolysis) is 1. The largest absolute Gasteiger partial charge is 0.444 e. The van der Waals surface area contributed by atoms with E-state index in [1.54, 1.807) is 0 Å². The third-order valence-corrected chi connectivity index (χ3v) is 5.11. The molecule has 1 aromatic carbocycles. The highest BCUT2D eigenvalue weighted by Crippen LogP contribution is 2.29. The zero-order chi connectivity index (χ0) is 18.6. The summed E-state index contributed by atoms with van der Waals surface area (Å²) in [4.78, 5) is 14.6. The lowest BCUT2D eigenvalue weighted by molar-refractivity contribution is -0.0286. The first-order chi connectivity index (χ1) is 12.4. The molecule has 0 spiro atoms. The Balaban J connectivity index is 1.55. The van der Waals surface area contributed by atoms with Crippen LogP contribution in [0.5, 0.6) is 0 Å². The van der Waals surface area contributed by atoms with Gasteiger partial charge in [-0.1, -0.05) is 18.2 Å². The molecule has 0 unspecified atom stereocenters. The average molecular weight is 360 g/mol. The second-order valence-corrected chi connectivity index (χ2v) is 8.54. The van der Waals surface area contributed by atoms with Crippen molar-refractivity contribution in [2.75, 3.05) is 24.7 Å². The summed E-state index contributed by atoms with van der Waals surface area (Å²) in [5.41, 5.74) is 0.846. The quantitative estimate of drug-likeness (QED) is 0.863. The molecule has 3 rings (SSSR count). The third kappa shape index (κ3) is 5.37. The average Bonchev–Trinajstić information content (AvgIpc) is 2.54. The number of nitrogens with one attached hydrogen (secondary N) is 1. The molecule has 1 saturated carbocycles. The van der Waals surface area contributed by atoms with Gasteiger partial charge in [0.2, 0.25) is 0 Å². The van der Waals surface area contributed by atoms with Gasteiger partial charge in [-0.25, -0.2) is 4.79 Å². The van der Waals surface area contributed by atoms with Crippen LogP contribution in [-0.4, -0.2) is 43.5 Å². The molecule has 26 heavy (non-hydrogen) atoms. The van der Waals surface area contributed by atoms with Gasteiger partial charge in [0.1, 0.15) is 5.60 Å². The zero-order valence-electron chi connectivity index (χ0n) is 16.2. The SMILES string of the molecule is CC(C)(C)OC(=O)N[C@H]1CC[C@@H](N(CC2COC2)c2ccccc2)CC1. The standard InChI is InChI=1S/C21H32N2O3/c1-21(2,3)26-20(24)22-17-9-11-19(12-10-17)23(13-16-14-25-15-16)18-7-5-4-6-8-18/h4-8,16-17,19H,9-15H2,1-3H3,(H,22,24)/t17-,19+. The monoisotopic (exact) mass is 360 g/mol. The second kappa shape index (κ2) is 8.30. The Morgan fingerprint density at radius 3 is 2.35 bits per heavy atom. The fraction of sp³-hybridized carbons (Fsp3) is 0.667. The van der Waals surface area contributed by atoms with Gasteiger partial charge in [0.25, 0.3) is 0 Å². The molecule has 1 amide bonds. The minimum Gasteiger partial charge on any atom is -0.444 e. The van der Waals surface area contributed by atoms with Crippen LogP contribution in [-0.2, 0) is 9.47 Å². The minimum atomic E-state index is -0.448. The van der Waals surface area contributed by atoms with E-state index in [1.165, 1.54) is 5.69 Å². The summed E-state index contributed by atoms with van der Waals surface area (Å²) in [5, 5.41) is 3.04. The Bertz CT molecular complexity index is 573. The summed E-state index contributed by atoms with van der Waals surface area (Å²) in [5.74, 6) is 0.632. The van der Waals surface area contributed by atoms with Crippen LogP contribution in [0.25, 0.3) is 0 Å². The van der Waals surface area contributed by atoms with Crippen molar-refractivity contribution in [2.24, 2.45) is 5.92 Å². The van der Waals surface area contributed by atoms with Gasteiger partial charge in [-0.15, -0.1) is 0 Å². The molecule has 5 heteroatoms. The molecule has 2 aliphatic rings. The summed E-state index contributed by atoms with van der Waals surface area (Å²) in [6.45, 7) is 8.48. The maximum atomic E-state index is 12.0. The van der Waals surface area contributed by atoms with Crippen molar-refractivity contribution in [1.29, 1.82) is 0 Å². The predicted molar refractivity (Wildman–Crippen MR) is 104 cm³/mol. The number of amides is 1. The highest BCUT2D eigenvalue weighted by molar-refractivity contribution is 5.68. The number of hydrogen-bond donors (Lipinski definition) is 1. The van der Waals surface area contributed by atoms with E-state index in [0.29, 0.717) is 12.0 Å². The van der Waals surface area contributed by atoms with Gasteiger partial charge in [0.15, 0.2) is 0 Å². The first-order valence-electron chi connectivity index (χ1n) is 9.79. The van der Waals surface area contributed by atoms with E-state index in [1.807, 2.05) is 20.8 Å². The lowest BCUT2D eigenvalue weighted by Crippen LogP contribution is -2.48. The number of nitrogens with zero attached hydrogens (tertiary/aromatic N) is 1. The van der Waals surface area contributed by atoms with Crippen LogP contribution in [0.15, 0.2) is 30.3 Å². The number of rotatable bonds is 5. The molecule has 1 N–H and O–H groups in total. The van der Waals surface area contributed by atoms with Gasteiger partial charge in [-0.05, 0) is 58.6 Å². The Hall–Kier alpha value is -1.75. The Morgan fingerprint density at radius 1 is 1.15 bits per heavy atom. The van der Waals surface area contributed by atoms with Gasteiger partial charge in [0, 0.05) is 30.2 Å². The van der Waals surface area contributed by atoms with Crippen LogP contribution >= 0.6 is 0 Å². The van der Waals surface area contributed by atoms with Gasteiger partial charge in [-0.2, -0.15) is 0 Å². The topological polar surface area (TPSA) is 50.8 Å². The molecule has 1 heterocycles. The highest BCUT2D eigenvalue weighted by Gasteiger charge is 2.31. The fourth-order valence-electron chi connectivity index (χ4n) is 3.76. The number of carbonyl (C=O) groups excluding carboxylic acids is 1. The van der Waals surface area contributed by atoms with E-state index in [0.717, 1.165) is 45.4 Å². The van der Waals surface area contributed by atoms with Gasteiger partial charge in [0.05, 0.1) is 13.2 Å². The number of anilines is 1. The van der Waals surface area contributed by atoms with Crippen LogP contribution in [0, 0.1) is 5.92 Å². The second-order valence-electron chi connectivity index (χ2n) is 8.54. The Kier molecular flexibility index (Phi) is 6.07. The first kappa shape index (κ1) is 19.0. The molecule has 1 aliphatic carbocycles. The number of ether oxygens (including phenoxy) is 2. The molecule has 1 saturated heterocycles. The van der Waals surface area contributed by atoms with Gasteiger partial charge in [-0.3, -0.25) is 0 Å². The molecule has 0 atom stereocenters. The van der Waals surface area contributed by atoms with Crippen molar-refractivity contribution in [2.45, 2.75) is 64.1 Å². The van der Waals surface area contributed by atoms with E-state index in [4.69, 9.17) is 9.47 Å². The maximum Gasteiger partial charge on any atom is 0.407 e. The lowest BCUT2D eigenvalue weighted by atomic mass is 9.89. The highest BCUT2D eigenvalue weighted by atomic mass is 16.6. The van der Waals surface area contributed by atoms with Crippen molar-refractivity contribution in [1.82, 2.24) is 5.32 Å². The zero-order valence-corrected chi connectivity index (χ0v) is 16.2. The fourth-order valence-corrected chi connectivity index (χ4v) is 3.76. The predicted octanol–water partition coefficient (Wildman–Crippen LogP) is 3.98. The van der Waals surface area contributed by atoms with E-state index in [-0.39, 0.29) is 12.1 Å². The molecule has 0 aromatic heterocycles. The summed E-state index contributed by atoms with van der Waals surface area (Å²) in [7, 11) is 0. The van der Waals surface area contributed by atoms with Crippen LogP contribution in [0.4, 0.5) is 10.5 Å². The molecular weight excluding hydrogens is 328 g/mol. The Morgan fingerprint density at radius 2 is 1.81 bits per heavy atom. The van der Waals surface area contributed by atoms with E-state index in [9.17, 15) is 4.79 Å². The molecule has 1 aliphatic heterocycles. The minimum absolute atomic E-state index is 0.214. The third-order valence-electron chi connectivity index (χ3n) is 5.11. The van der Waals surface area contributed by atoms with E-state index in [2.05, 4.69) is 40.5 Å². The summed E-state index contributed by atoms with van der Waals surface area (Å²) in [6.07, 6.45) is 3.86.